The molecule has 0 fully saturated rings. The first kappa shape index (κ1) is 30.4. The predicted molar refractivity (Wildman–Crippen MR) is 228 cm³/mol. The lowest BCUT2D eigenvalue weighted by molar-refractivity contribution is 0.331. The summed E-state index contributed by atoms with van der Waals surface area (Å²) in [7, 11) is 2.24. The molecule has 4 heteroatoms. The van der Waals surface area contributed by atoms with Crippen molar-refractivity contribution in [2.45, 2.75) is 24.4 Å². The average molecular weight is 718 g/mol. The van der Waals surface area contributed by atoms with Crippen molar-refractivity contribution in [3.63, 3.8) is 0 Å². The van der Waals surface area contributed by atoms with Gasteiger partial charge in [0.2, 0.25) is 5.88 Å². The standard InChI is InChI=1S/C52H35N3O/c1-54-49(38-22-14-26-43-47(38)36-20-6-11-25-42(36)52(43)40-23-9-4-17-33(40)34-18-5-10-24-41(34)52)53-50-48(37-21-8-13-28-46(37)56-50)51(54)55-44-27-12-7-19-35(44)39-29-31-15-2-3-16-32(31)30-45(39)55/h2-7,9-20,22-30,51H,8,21H2,1H3. The van der Waals surface area contributed by atoms with E-state index < -0.39 is 5.41 Å². The van der Waals surface area contributed by atoms with Gasteiger partial charge in [0.15, 0.2) is 0 Å². The van der Waals surface area contributed by atoms with Gasteiger partial charge in [0.1, 0.15) is 17.8 Å². The summed E-state index contributed by atoms with van der Waals surface area (Å²) >= 11 is 0. The molecule has 2 aromatic heterocycles. The molecule has 1 unspecified atom stereocenters. The summed E-state index contributed by atoms with van der Waals surface area (Å²) in [6.45, 7) is 0. The second-order valence-electron chi connectivity index (χ2n) is 15.7. The van der Waals surface area contributed by atoms with Crippen molar-refractivity contribution in [2.75, 3.05) is 7.05 Å². The number of hydrogen-bond acceptors (Lipinski definition) is 3. The van der Waals surface area contributed by atoms with Crippen LogP contribution in [0, 0.1) is 0 Å². The highest BCUT2D eigenvalue weighted by Gasteiger charge is 2.52. The topological polar surface area (TPSA) is 33.7 Å². The minimum atomic E-state index is -0.435. The summed E-state index contributed by atoms with van der Waals surface area (Å²) in [4.78, 5) is 7.98. The molecule has 7 aromatic carbocycles. The second-order valence-corrected chi connectivity index (χ2v) is 15.7. The van der Waals surface area contributed by atoms with Crippen molar-refractivity contribution in [2.24, 2.45) is 4.99 Å². The van der Waals surface area contributed by atoms with Gasteiger partial charge in [-0.1, -0.05) is 140 Å². The van der Waals surface area contributed by atoms with Gasteiger partial charge >= 0.3 is 0 Å². The van der Waals surface area contributed by atoms with Gasteiger partial charge in [0.05, 0.1) is 22.0 Å². The van der Waals surface area contributed by atoms with Crippen LogP contribution >= 0.6 is 0 Å². The van der Waals surface area contributed by atoms with E-state index in [4.69, 9.17) is 9.41 Å². The first-order chi connectivity index (χ1) is 27.7. The van der Waals surface area contributed by atoms with Gasteiger partial charge in [-0.05, 0) is 92.4 Å². The number of aliphatic imine (C=N–C) groups is 1. The first-order valence-corrected chi connectivity index (χ1v) is 19.7. The summed E-state index contributed by atoms with van der Waals surface area (Å²) in [5, 5.41) is 4.98. The lowest BCUT2D eigenvalue weighted by Gasteiger charge is -2.37. The average Bonchev–Trinajstić information content (AvgIpc) is 3.96. The molecule has 264 valence electrons. The maximum Gasteiger partial charge on any atom is 0.228 e. The van der Waals surface area contributed by atoms with E-state index in [0.29, 0.717) is 5.88 Å². The molecule has 3 aliphatic carbocycles. The number of fused-ring (bicyclic) bond motifs is 17. The minimum absolute atomic E-state index is 0.200. The Kier molecular flexibility index (Phi) is 5.90. The molecule has 4 aliphatic rings. The molecule has 3 heterocycles. The highest BCUT2D eigenvalue weighted by molar-refractivity contribution is 6.14. The molecule has 1 aliphatic heterocycles. The van der Waals surface area contributed by atoms with E-state index >= 15 is 0 Å². The molecule has 0 N–H and O–H groups in total. The Balaban J connectivity index is 1.11. The van der Waals surface area contributed by atoms with Crippen LogP contribution < -0.4 is 0 Å². The number of nitrogens with zero attached hydrogens (tertiary/aromatic N) is 3. The zero-order valence-electron chi connectivity index (χ0n) is 30.8. The van der Waals surface area contributed by atoms with Crippen LogP contribution in [0.25, 0.3) is 60.9 Å². The fourth-order valence-corrected chi connectivity index (χ4v) is 11.0. The Morgan fingerprint density at radius 1 is 0.607 bits per heavy atom. The van der Waals surface area contributed by atoms with Crippen LogP contribution in [0.5, 0.6) is 0 Å². The monoisotopic (exact) mass is 717 g/mol. The SMILES string of the molecule is CN1C(c2cccc3c2-c2ccccc2C32c3ccccc3-c3ccccc32)=Nc2oc3c(c2C1n1c2ccccc2c2cc4ccccc4cc21)CCC=C3. The third-order valence-electron chi connectivity index (χ3n) is 13.1. The number of aromatic nitrogens is 1. The maximum absolute atomic E-state index is 6.81. The molecular weight excluding hydrogens is 683 g/mol. The fourth-order valence-electron chi connectivity index (χ4n) is 11.0. The van der Waals surface area contributed by atoms with Crippen LogP contribution in [-0.2, 0) is 11.8 Å². The van der Waals surface area contributed by atoms with Gasteiger partial charge in [0, 0.05) is 28.9 Å². The van der Waals surface area contributed by atoms with Crippen LogP contribution in [0.15, 0.2) is 167 Å². The second kappa shape index (κ2) is 10.9. The number of amidine groups is 1. The molecule has 0 radical (unpaired) electrons. The van der Waals surface area contributed by atoms with E-state index in [1.165, 1.54) is 82.6 Å². The van der Waals surface area contributed by atoms with Gasteiger partial charge in [-0.25, -0.2) is 0 Å². The fraction of sp³-hybridized carbons (Fsp3) is 0.0962. The zero-order chi connectivity index (χ0) is 36.7. The lowest BCUT2D eigenvalue weighted by atomic mass is 9.70. The van der Waals surface area contributed by atoms with E-state index in [-0.39, 0.29) is 6.17 Å². The molecule has 1 spiro atoms. The summed E-state index contributed by atoms with van der Waals surface area (Å²) in [5.74, 6) is 2.55. The number of furan rings is 1. The molecule has 0 saturated carbocycles. The molecular formula is C52H35N3O. The third kappa shape index (κ3) is 3.67. The Morgan fingerprint density at radius 3 is 2.02 bits per heavy atom. The van der Waals surface area contributed by atoms with Gasteiger partial charge < -0.3 is 13.9 Å². The maximum atomic E-state index is 6.81. The normalized spacial score (nSPS) is 16.8. The van der Waals surface area contributed by atoms with E-state index in [2.05, 4.69) is 180 Å². The number of benzene rings is 7. The largest absolute Gasteiger partial charge is 0.438 e. The van der Waals surface area contributed by atoms with Gasteiger partial charge in [0.25, 0.3) is 0 Å². The molecule has 4 nitrogen and oxygen atoms in total. The number of para-hydroxylation sites is 1. The summed E-state index contributed by atoms with van der Waals surface area (Å²) in [6, 6.07) is 56.3. The summed E-state index contributed by atoms with van der Waals surface area (Å²) < 4.78 is 9.37. The van der Waals surface area contributed by atoms with E-state index in [9.17, 15) is 0 Å². The molecule has 13 rings (SSSR count). The van der Waals surface area contributed by atoms with Crippen molar-refractivity contribution in [1.29, 1.82) is 0 Å². The highest BCUT2D eigenvalue weighted by Crippen LogP contribution is 2.63. The van der Waals surface area contributed by atoms with E-state index in [1.807, 2.05) is 0 Å². The Bertz CT molecular complexity index is 3200. The van der Waals surface area contributed by atoms with Gasteiger partial charge in [-0.15, -0.1) is 0 Å². The van der Waals surface area contributed by atoms with Crippen LogP contribution in [0.2, 0.25) is 0 Å². The summed E-state index contributed by atoms with van der Waals surface area (Å²) in [6.07, 6.45) is 6.09. The van der Waals surface area contributed by atoms with Gasteiger partial charge in [-0.2, -0.15) is 4.99 Å². The van der Waals surface area contributed by atoms with Crippen LogP contribution in [0.4, 0.5) is 5.88 Å². The zero-order valence-corrected chi connectivity index (χ0v) is 30.8. The van der Waals surface area contributed by atoms with Crippen molar-refractivity contribution in [3.05, 3.63) is 202 Å². The number of hydrogen-bond donors (Lipinski definition) is 0. The lowest BCUT2D eigenvalue weighted by Crippen LogP contribution is -2.38. The molecule has 0 bridgehead atoms. The van der Waals surface area contributed by atoms with Crippen LogP contribution in [-0.4, -0.2) is 22.4 Å². The molecule has 0 amide bonds. The van der Waals surface area contributed by atoms with Crippen molar-refractivity contribution in [3.8, 4) is 22.3 Å². The molecule has 0 saturated heterocycles. The van der Waals surface area contributed by atoms with Crippen LogP contribution in [0.1, 0.15) is 57.3 Å². The van der Waals surface area contributed by atoms with Gasteiger partial charge in [-0.3, -0.25) is 0 Å². The van der Waals surface area contributed by atoms with Crippen molar-refractivity contribution >= 4 is 50.4 Å². The Hall–Kier alpha value is -6.91. The quantitative estimate of drug-likeness (QED) is 0.178. The molecule has 1 atom stereocenters. The minimum Gasteiger partial charge on any atom is -0.438 e. The molecule has 56 heavy (non-hydrogen) atoms. The Morgan fingerprint density at radius 2 is 1.23 bits per heavy atom. The number of rotatable bonds is 2. The van der Waals surface area contributed by atoms with Crippen molar-refractivity contribution < 1.29 is 4.42 Å². The third-order valence-corrected chi connectivity index (χ3v) is 13.1. The smallest absolute Gasteiger partial charge is 0.228 e. The first-order valence-electron chi connectivity index (χ1n) is 19.7. The predicted octanol–water partition coefficient (Wildman–Crippen LogP) is 12.4. The Labute approximate surface area is 324 Å². The number of allylic oxidation sites excluding steroid dienone is 1. The van der Waals surface area contributed by atoms with Crippen LogP contribution in [0.3, 0.4) is 0 Å². The van der Waals surface area contributed by atoms with E-state index in [1.54, 1.807) is 0 Å². The van der Waals surface area contributed by atoms with Crippen molar-refractivity contribution in [1.82, 2.24) is 9.47 Å². The van der Waals surface area contributed by atoms with E-state index in [0.717, 1.165) is 35.6 Å². The summed E-state index contributed by atoms with van der Waals surface area (Å²) in [5.41, 5.74) is 15.9. The molecule has 9 aromatic rings. The highest BCUT2D eigenvalue weighted by atomic mass is 16.4.